The number of aromatic amines is 1. The topological polar surface area (TPSA) is 67.0 Å². The van der Waals surface area contributed by atoms with Gasteiger partial charge in [0.05, 0.1) is 11.7 Å². The van der Waals surface area contributed by atoms with Crippen molar-refractivity contribution < 1.29 is 9.53 Å². The maximum Gasteiger partial charge on any atom is 0.408 e. The van der Waals surface area contributed by atoms with Crippen molar-refractivity contribution in [1.82, 2.24) is 15.3 Å². The molecule has 2 aromatic heterocycles. The summed E-state index contributed by atoms with van der Waals surface area (Å²) >= 11 is 0. The van der Waals surface area contributed by atoms with Crippen molar-refractivity contribution in [2.45, 2.75) is 58.1 Å². The zero-order chi connectivity index (χ0) is 15.9. The standard InChI is InChI=1S/C17H23N3O2/c1-10(18-16(21)22-17(2,3)4)13-8-7-12-9-14(11-5-6-11)20-15(12)19-13/h7-11H,5-6H2,1-4H3,(H,18,21)(H,19,20). The lowest BCUT2D eigenvalue weighted by Crippen LogP contribution is -2.34. The highest BCUT2D eigenvalue weighted by Gasteiger charge is 2.25. The van der Waals surface area contributed by atoms with E-state index in [-0.39, 0.29) is 6.04 Å². The highest BCUT2D eigenvalue weighted by molar-refractivity contribution is 5.77. The number of ether oxygens (including phenoxy) is 1. The van der Waals surface area contributed by atoms with Gasteiger partial charge >= 0.3 is 6.09 Å². The molecule has 0 radical (unpaired) electrons. The Labute approximate surface area is 130 Å². The molecule has 1 aliphatic carbocycles. The minimum atomic E-state index is -0.500. The summed E-state index contributed by atoms with van der Waals surface area (Å²) in [5.74, 6) is 0.676. The molecule has 0 aromatic carbocycles. The molecule has 0 saturated heterocycles. The molecule has 0 aliphatic heterocycles. The number of hydrogen-bond acceptors (Lipinski definition) is 3. The number of nitrogens with one attached hydrogen (secondary N) is 2. The molecule has 3 rings (SSSR count). The van der Waals surface area contributed by atoms with E-state index in [1.54, 1.807) is 0 Å². The Balaban J connectivity index is 1.73. The number of fused-ring (bicyclic) bond motifs is 1. The Morgan fingerprint density at radius 1 is 1.41 bits per heavy atom. The van der Waals surface area contributed by atoms with Gasteiger partial charge in [-0.1, -0.05) is 0 Å². The number of nitrogens with zero attached hydrogens (tertiary/aromatic N) is 1. The van der Waals surface area contributed by atoms with Crippen LogP contribution in [0.25, 0.3) is 11.0 Å². The minimum Gasteiger partial charge on any atom is -0.444 e. The Hall–Kier alpha value is -2.04. The summed E-state index contributed by atoms with van der Waals surface area (Å²) in [7, 11) is 0. The van der Waals surface area contributed by atoms with Gasteiger partial charge < -0.3 is 15.0 Å². The molecule has 1 fully saturated rings. The monoisotopic (exact) mass is 301 g/mol. The fraction of sp³-hybridized carbons (Fsp3) is 0.529. The lowest BCUT2D eigenvalue weighted by molar-refractivity contribution is 0.0507. The molecule has 1 atom stereocenters. The summed E-state index contributed by atoms with van der Waals surface area (Å²) in [6, 6.07) is 5.98. The van der Waals surface area contributed by atoms with Crippen molar-refractivity contribution in [3.63, 3.8) is 0 Å². The summed E-state index contributed by atoms with van der Waals surface area (Å²) < 4.78 is 5.28. The van der Waals surface area contributed by atoms with Crippen LogP contribution in [0.4, 0.5) is 4.79 Å². The second kappa shape index (κ2) is 5.30. The summed E-state index contributed by atoms with van der Waals surface area (Å²) in [6.07, 6.45) is 2.10. The van der Waals surface area contributed by atoms with E-state index < -0.39 is 11.7 Å². The predicted molar refractivity (Wildman–Crippen MR) is 85.9 cm³/mol. The average molecular weight is 301 g/mol. The van der Waals surface area contributed by atoms with Gasteiger partial charge in [0, 0.05) is 11.1 Å². The average Bonchev–Trinajstić information content (AvgIpc) is 3.15. The van der Waals surface area contributed by atoms with E-state index in [2.05, 4.69) is 21.4 Å². The van der Waals surface area contributed by atoms with E-state index in [4.69, 9.17) is 4.74 Å². The normalized spacial score (nSPS) is 16.5. The minimum absolute atomic E-state index is 0.202. The molecule has 1 aliphatic rings. The van der Waals surface area contributed by atoms with E-state index in [1.807, 2.05) is 39.8 Å². The van der Waals surface area contributed by atoms with Gasteiger partial charge in [0.2, 0.25) is 0 Å². The third-order valence-electron chi connectivity index (χ3n) is 3.72. The van der Waals surface area contributed by atoms with Crippen molar-refractivity contribution >= 4 is 17.1 Å². The predicted octanol–water partition coefficient (Wildman–Crippen LogP) is 4.03. The fourth-order valence-electron chi connectivity index (χ4n) is 2.46. The van der Waals surface area contributed by atoms with E-state index in [0.717, 1.165) is 16.7 Å². The van der Waals surface area contributed by atoms with Gasteiger partial charge in [-0.25, -0.2) is 9.78 Å². The number of pyridine rings is 1. The first kappa shape index (κ1) is 14.9. The number of amides is 1. The fourth-order valence-corrected chi connectivity index (χ4v) is 2.46. The van der Waals surface area contributed by atoms with Gasteiger partial charge in [-0.2, -0.15) is 0 Å². The van der Waals surface area contributed by atoms with Gasteiger partial charge in [-0.15, -0.1) is 0 Å². The molecular weight excluding hydrogens is 278 g/mol. The molecule has 22 heavy (non-hydrogen) atoms. The van der Waals surface area contributed by atoms with E-state index in [9.17, 15) is 4.79 Å². The Bertz CT molecular complexity index is 695. The summed E-state index contributed by atoms with van der Waals surface area (Å²) in [5.41, 5.74) is 2.48. The van der Waals surface area contributed by atoms with Crippen LogP contribution in [0.1, 0.15) is 63.9 Å². The molecule has 2 aromatic rings. The maximum absolute atomic E-state index is 11.8. The number of alkyl carbamates (subject to hydrolysis) is 1. The first-order valence-corrected chi connectivity index (χ1v) is 7.81. The summed E-state index contributed by atoms with van der Waals surface area (Å²) in [5, 5.41) is 3.94. The number of aromatic nitrogens is 2. The van der Waals surface area contributed by atoms with Crippen LogP contribution in [0.15, 0.2) is 18.2 Å². The van der Waals surface area contributed by atoms with Crippen LogP contribution >= 0.6 is 0 Å². The zero-order valence-electron chi connectivity index (χ0n) is 13.6. The summed E-state index contributed by atoms with van der Waals surface area (Å²) in [4.78, 5) is 19.9. The zero-order valence-corrected chi connectivity index (χ0v) is 13.6. The van der Waals surface area contributed by atoms with Gasteiger partial charge in [-0.05, 0) is 64.7 Å². The van der Waals surface area contributed by atoms with Crippen molar-refractivity contribution in [1.29, 1.82) is 0 Å². The van der Waals surface area contributed by atoms with Crippen molar-refractivity contribution in [2.24, 2.45) is 0 Å². The van der Waals surface area contributed by atoms with Crippen LogP contribution in [0.3, 0.4) is 0 Å². The van der Waals surface area contributed by atoms with Crippen LogP contribution in [-0.4, -0.2) is 21.7 Å². The van der Waals surface area contributed by atoms with Crippen molar-refractivity contribution in [2.75, 3.05) is 0 Å². The molecule has 5 heteroatoms. The Morgan fingerprint density at radius 2 is 2.14 bits per heavy atom. The molecule has 0 bridgehead atoms. The van der Waals surface area contributed by atoms with Gasteiger partial charge in [0.1, 0.15) is 11.2 Å². The number of hydrogen-bond donors (Lipinski definition) is 2. The summed E-state index contributed by atoms with van der Waals surface area (Å²) in [6.45, 7) is 7.45. The number of carbonyl (C=O) groups excluding carboxylic acids is 1. The largest absolute Gasteiger partial charge is 0.444 e. The molecule has 0 spiro atoms. The van der Waals surface area contributed by atoms with Crippen molar-refractivity contribution in [3.8, 4) is 0 Å². The highest BCUT2D eigenvalue weighted by Crippen LogP contribution is 2.40. The Kier molecular flexibility index (Phi) is 3.59. The SMILES string of the molecule is CC(NC(=O)OC(C)(C)C)c1ccc2cc(C3CC3)[nH]c2n1. The first-order valence-electron chi connectivity index (χ1n) is 7.81. The lowest BCUT2D eigenvalue weighted by Gasteiger charge is -2.21. The first-order chi connectivity index (χ1) is 10.3. The van der Waals surface area contributed by atoms with E-state index >= 15 is 0 Å². The van der Waals surface area contributed by atoms with Crippen molar-refractivity contribution in [3.05, 3.63) is 29.6 Å². The molecule has 5 nitrogen and oxygen atoms in total. The molecule has 1 unspecified atom stereocenters. The maximum atomic E-state index is 11.8. The van der Waals surface area contributed by atoms with Crippen LogP contribution < -0.4 is 5.32 Å². The molecular formula is C17H23N3O2. The second-order valence-electron chi connectivity index (χ2n) is 7.04. The number of rotatable bonds is 3. The smallest absolute Gasteiger partial charge is 0.408 e. The van der Waals surface area contributed by atoms with Crippen LogP contribution in [0, 0.1) is 0 Å². The number of carbonyl (C=O) groups is 1. The van der Waals surface area contributed by atoms with E-state index in [1.165, 1.54) is 18.5 Å². The van der Waals surface area contributed by atoms with Gasteiger partial charge in [0.25, 0.3) is 0 Å². The highest BCUT2D eigenvalue weighted by atomic mass is 16.6. The Morgan fingerprint density at radius 3 is 2.77 bits per heavy atom. The quantitative estimate of drug-likeness (QED) is 0.899. The molecule has 2 N–H and O–H groups in total. The third kappa shape index (κ3) is 3.40. The van der Waals surface area contributed by atoms with Crippen LogP contribution in [-0.2, 0) is 4.74 Å². The number of H-pyrrole nitrogens is 1. The molecule has 118 valence electrons. The third-order valence-corrected chi connectivity index (χ3v) is 3.72. The van der Waals surface area contributed by atoms with Gasteiger partial charge in [-0.3, -0.25) is 0 Å². The van der Waals surface area contributed by atoms with Crippen LogP contribution in [0.2, 0.25) is 0 Å². The molecule has 1 amide bonds. The van der Waals surface area contributed by atoms with E-state index in [0.29, 0.717) is 5.92 Å². The second-order valence-corrected chi connectivity index (χ2v) is 7.04. The molecule has 2 heterocycles. The van der Waals surface area contributed by atoms with Gasteiger partial charge in [0.15, 0.2) is 0 Å². The van der Waals surface area contributed by atoms with Crippen LogP contribution in [0.5, 0.6) is 0 Å². The lowest BCUT2D eigenvalue weighted by atomic mass is 10.2. The molecule has 1 saturated carbocycles.